The highest BCUT2D eigenvalue weighted by atomic mass is 16.5. The lowest BCUT2D eigenvalue weighted by Gasteiger charge is -2.38. The molecule has 0 aromatic heterocycles. The Hall–Kier alpha value is -5.60. The topological polar surface area (TPSA) is 220 Å². The summed E-state index contributed by atoms with van der Waals surface area (Å²) < 4.78 is 19.9. The van der Waals surface area contributed by atoms with E-state index in [-0.39, 0.29) is 57.4 Å². The molecule has 0 aliphatic carbocycles. The lowest BCUT2D eigenvalue weighted by molar-refractivity contribution is -0.166. The van der Waals surface area contributed by atoms with Gasteiger partial charge in [-0.2, -0.15) is 0 Å². The first-order chi connectivity index (χ1) is 26.9. The molecule has 2 unspecified atom stereocenters. The molecule has 2 rings (SSSR count). The van der Waals surface area contributed by atoms with Crippen molar-refractivity contribution in [2.24, 2.45) is 16.2 Å². The molecule has 0 amide bonds. The van der Waals surface area contributed by atoms with Crippen molar-refractivity contribution in [1.82, 2.24) is 0 Å². The Morgan fingerprint density at radius 2 is 0.966 bits per heavy atom. The zero-order valence-corrected chi connectivity index (χ0v) is 35.1. The van der Waals surface area contributed by atoms with Crippen LogP contribution in [0.5, 0.6) is 0 Å². The standard InChI is InChI=1S/C23H34O7.C11H12O2.C6H10O3.C4H6O2/c1-6-22(4,20(28)30-14-17-10-8-7-9-11-17)16-23(5,18(25)26)15-21(2,3)19(27)29-13-12-24;1-9(2)11(12)13-8-10-6-4-3-5-7-10;1-5(2)6(8)9-4-3-7;1-3(2)4(5)6/h7-11,24H,6,12-16H2,1-5H3,(H,25,26);3-7H,1,8H2,2H3;7H,1,3-4H2,2H3;1H2,2H3,(H,5,6). The number of rotatable bonds is 19. The third kappa shape index (κ3) is 22.8. The molecule has 0 saturated carbocycles. The SMILES string of the molecule is C=C(C)C(=O)O.C=C(C)C(=O)OCCO.C=C(C)C(=O)OCc1ccccc1.CCC(C)(CC(C)(CC(C)(C)C(=O)OCCO)C(=O)O)C(=O)OCc1ccccc1. The van der Waals surface area contributed by atoms with Gasteiger partial charge >= 0.3 is 35.8 Å². The number of ether oxygens (including phenoxy) is 4. The first-order valence-corrected chi connectivity index (χ1v) is 18.3. The van der Waals surface area contributed by atoms with E-state index >= 15 is 0 Å². The fourth-order valence-corrected chi connectivity index (χ4v) is 4.80. The van der Waals surface area contributed by atoms with Crippen molar-refractivity contribution >= 4 is 35.8 Å². The maximum atomic E-state index is 12.9. The minimum Gasteiger partial charge on any atom is -0.481 e. The van der Waals surface area contributed by atoms with E-state index in [9.17, 15) is 33.9 Å². The van der Waals surface area contributed by atoms with E-state index in [2.05, 4.69) is 24.5 Å². The minimum atomic E-state index is -1.36. The Kier molecular flexibility index (Phi) is 26.2. The second kappa shape index (κ2) is 27.9. The summed E-state index contributed by atoms with van der Waals surface area (Å²) in [5.74, 6) is -3.89. The van der Waals surface area contributed by atoms with Crippen LogP contribution in [0.4, 0.5) is 0 Å². The van der Waals surface area contributed by atoms with Crippen molar-refractivity contribution in [3.05, 3.63) is 108 Å². The van der Waals surface area contributed by atoms with E-state index < -0.39 is 46.1 Å². The van der Waals surface area contributed by atoms with Gasteiger partial charge < -0.3 is 39.4 Å². The van der Waals surface area contributed by atoms with Gasteiger partial charge in [0, 0.05) is 16.7 Å². The number of hydrogen-bond donors (Lipinski definition) is 4. The maximum absolute atomic E-state index is 12.9. The van der Waals surface area contributed by atoms with E-state index in [1.54, 1.807) is 34.6 Å². The molecule has 2 aromatic rings. The number of esters is 4. The Morgan fingerprint density at radius 3 is 1.33 bits per heavy atom. The average molecular weight is 815 g/mol. The quantitative estimate of drug-likeness (QED) is 0.0665. The highest BCUT2D eigenvalue weighted by Crippen LogP contribution is 2.45. The maximum Gasteiger partial charge on any atom is 0.333 e. The molecule has 0 radical (unpaired) electrons. The molecular weight excluding hydrogens is 752 g/mol. The van der Waals surface area contributed by atoms with Crippen LogP contribution in [0, 0.1) is 16.2 Å². The number of aliphatic hydroxyl groups excluding tert-OH is 2. The molecule has 2 aromatic carbocycles. The molecule has 322 valence electrons. The number of carboxylic acid groups (broad SMARTS) is 2. The van der Waals surface area contributed by atoms with Gasteiger partial charge in [0.15, 0.2) is 0 Å². The molecule has 4 N–H and O–H groups in total. The monoisotopic (exact) mass is 814 g/mol. The largest absolute Gasteiger partial charge is 0.481 e. The predicted octanol–water partition coefficient (Wildman–Crippen LogP) is 6.63. The fraction of sp³-hybridized carbons (Fsp3) is 0.455. The summed E-state index contributed by atoms with van der Waals surface area (Å²) in [6, 6.07) is 18.8. The summed E-state index contributed by atoms with van der Waals surface area (Å²) in [4.78, 5) is 68.5. The second-order valence-corrected chi connectivity index (χ2v) is 14.5. The molecule has 14 heteroatoms. The normalized spacial score (nSPS) is 12.2. The number of carboxylic acids is 2. The molecule has 0 heterocycles. The van der Waals surface area contributed by atoms with Gasteiger partial charge in [0.25, 0.3) is 0 Å². The van der Waals surface area contributed by atoms with E-state index in [0.29, 0.717) is 24.2 Å². The molecule has 58 heavy (non-hydrogen) atoms. The molecule has 0 fully saturated rings. The van der Waals surface area contributed by atoms with E-state index in [1.165, 1.54) is 13.8 Å². The molecule has 0 aliphatic rings. The number of aliphatic carboxylic acids is 2. The van der Waals surface area contributed by atoms with Crippen LogP contribution in [-0.4, -0.2) is 82.7 Å². The van der Waals surface area contributed by atoms with E-state index in [4.69, 9.17) is 29.5 Å². The third-order valence-electron chi connectivity index (χ3n) is 8.09. The number of aliphatic hydroxyl groups is 2. The number of benzene rings is 2. The van der Waals surface area contributed by atoms with Crippen molar-refractivity contribution in [2.75, 3.05) is 26.4 Å². The summed E-state index contributed by atoms with van der Waals surface area (Å²) in [5.41, 5.74) is -0.722. The van der Waals surface area contributed by atoms with Crippen LogP contribution < -0.4 is 0 Å². The first-order valence-electron chi connectivity index (χ1n) is 18.3. The molecular formula is C44H62O14. The minimum absolute atomic E-state index is 0.0101. The van der Waals surface area contributed by atoms with Gasteiger partial charge in [-0.25, -0.2) is 14.4 Å². The second-order valence-electron chi connectivity index (χ2n) is 14.5. The van der Waals surface area contributed by atoms with Crippen LogP contribution >= 0.6 is 0 Å². The van der Waals surface area contributed by atoms with Crippen LogP contribution in [0.15, 0.2) is 97.1 Å². The number of carbonyl (C=O) groups excluding carboxylic acids is 4. The number of carbonyl (C=O) groups is 6. The fourth-order valence-electron chi connectivity index (χ4n) is 4.80. The summed E-state index contributed by atoms with van der Waals surface area (Å²) in [5, 5.41) is 34.9. The molecule has 0 bridgehead atoms. The average Bonchev–Trinajstić information content (AvgIpc) is 3.17. The molecule has 0 spiro atoms. The number of hydrogen-bond acceptors (Lipinski definition) is 12. The van der Waals surface area contributed by atoms with Crippen LogP contribution in [0.1, 0.15) is 85.8 Å². The predicted molar refractivity (Wildman–Crippen MR) is 218 cm³/mol. The summed E-state index contributed by atoms with van der Waals surface area (Å²) in [6.45, 7) is 22.8. The molecule has 2 atom stereocenters. The van der Waals surface area contributed by atoms with Crippen molar-refractivity contribution < 1.29 is 68.1 Å². The first kappa shape index (κ1) is 54.5. The summed E-state index contributed by atoms with van der Waals surface area (Å²) >= 11 is 0. The Balaban J connectivity index is 0. The van der Waals surface area contributed by atoms with E-state index in [0.717, 1.165) is 11.1 Å². The van der Waals surface area contributed by atoms with Gasteiger partial charge in [-0.05, 0) is 78.9 Å². The highest BCUT2D eigenvalue weighted by Gasteiger charge is 2.49. The van der Waals surface area contributed by atoms with Gasteiger partial charge in [0.2, 0.25) is 0 Å². The van der Waals surface area contributed by atoms with Crippen LogP contribution in [0.2, 0.25) is 0 Å². The summed E-state index contributed by atoms with van der Waals surface area (Å²) in [6.07, 6.45) is 0.371. The van der Waals surface area contributed by atoms with Crippen LogP contribution in [-0.2, 0) is 60.9 Å². The van der Waals surface area contributed by atoms with Crippen LogP contribution in [0.25, 0.3) is 0 Å². The molecule has 0 saturated heterocycles. The zero-order valence-electron chi connectivity index (χ0n) is 35.1. The van der Waals surface area contributed by atoms with Gasteiger partial charge in [-0.15, -0.1) is 0 Å². The smallest absolute Gasteiger partial charge is 0.333 e. The third-order valence-corrected chi connectivity index (χ3v) is 8.09. The van der Waals surface area contributed by atoms with Gasteiger partial charge in [0.05, 0.1) is 29.5 Å². The van der Waals surface area contributed by atoms with Crippen molar-refractivity contribution in [1.29, 1.82) is 0 Å². The zero-order chi connectivity index (χ0) is 45.1. The summed E-state index contributed by atoms with van der Waals surface area (Å²) in [7, 11) is 0. The van der Waals surface area contributed by atoms with E-state index in [1.807, 2.05) is 67.6 Å². The molecule has 14 nitrogen and oxygen atoms in total. The van der Waals surface area contributed by atoms with Crippen molar-refractivity contribution in [2.45, 2.75) is 87.9 Å². The van der Waals surface area contributed by atoms with Gasteiger partial charge in [0.1, 0.15) is 26.4 Å². The van der Waals surface area contributed by atoms with Crippen molar-refractivity contribution in [3.63, 3.8) is 0 Å². The lowest BCUT2D eigenvalue weighted by atomic mass is 9.65. The van der Waals surface area contributed by atoms with Crippen molar-refractivity contribution in [3.8, 4) is 0 Å². The Morgan fingerprint density at radius 1 is 0.569 bits per heavy atom. The highest BCUT2D eigenvalue weighted by molar-refractivity contribution is 5.87. The van der Waals surface area contributed by atoms with Crippen LogP contribution in [0.3, 0.4) is 0 Å². The Labute approximate surface area is 342 Å². The Bertz CT molecular complexity index is 1640. The van der Waals surface area contributed by atoms with Gasteiger partial charge in [-0.1, -0.05) is 87.3 Å². The van der Waals surface area contributed by atoms with Gasteiger partial charge in [-0.3, -0.25) is 14.4 Å². The lowest BCUT2D eigenvalue weighted by Crippen LogP contribution is -2.43. The molecule has 0 aliphatic heterocycles.